The Bertz CT molecular complexity index is 719. The third kappa shape index (κ3) is 2.08. The smallest absolute Gasteiger partial charge is 0.225 e. The van der Waals surface area contributed by atoms with Crippen LogP contribution in [0.3, 0.4) is 0 Å². The molecule has 0 atom stereocenters. The summed E-state index contributed by atoms with van der Waals surface area (Å²) in [5.41, 5.74) is 2.61. The molecule has 2 aromatic heterocycles. The number of benzene rings is 1. The molecule has 0 amide bonds. The van der Waals surface area contributed by atoms with E-state index < -0.39 is 0 Å². The minimum absolute atomic E-state index is 0.229. The van der Waals surface area contributed by atoms with Gasteiger partial charge in [-0.3, -0.25) is 0 Å². The van der Waals surface area contributed by atoms with Crippen molar-refractivity contribution in [2.45, 2.75) is 19.9 Å². The second kappa shape index (κ2) is 4.63. The fourth-order valence-corrected chi connectivity index (χ4v) is 2.26. The Hall–Kier alpha value is -1.94. The maximum Gasteiger partial charge on any atom is 0.225 e. The van der Waals surface area contributed by atoms with Crippen molar-refractivity contribution >= 4 is 22.6 Å². The van der Waals surface area contributed by atoms with Gasteiger partial charge in [-0.15, -0.1) is 0 Å². The first-order valence-electron chi connectivity index (χ1n) is 6.13. The van der Waals surface area contributed by atoms with Gasteiger partial charge >= 0.3 is 0 Å². The van der Waals surface area contributed by atoms with Crippen LogP contribution in [-0.4, -0.2) is 19.7 Å². The summed E-state index contributed by atoms with van der Waals surface area (Å²) in [4.78, 5) is 8.64. The summed E-state index contributed by atoms with van der Waals surface area (Å²) in [6.45, 7) is 4.12. The monoisotopic (exact) mass is 272 g/mol. The molecule has 0 spiro atoms. The van der Waals surface area contributed by atoms with E-state index in [0.717, 1.165) is 22.3 Å². The summed E-state index contributed by atoms with van der Waals surface area (Å²) in [7, 11) is 0. The van der Waals surface area contributed by atoms with Gasteiger partial charge in [-0.2, -0.15) is 10.1 Å². The summed E-state index contributed by atoms with van der Waals surface area (Å²) in [6.07, 6.45) is 1.80. The van der Waals surface area contributed by atoms with E-state index >= 15 is 0 Å². The molecular weight excluding hydrogens is 260 g/mol. The maximum absolute atomic E-state index is 6.04. The van der Waals surface area contributed by atoms with Crippen LogP contribution in [0.2, 0.25) is 5.28 Å². The van der Waals surface area contributed by atoms with Crippen LogP contribution in [0.4, 0.5) is 0 Å². The molecule has 0 saturated heterocycles. The molecule has 5 heteroatoms. The van der Waals surface area contributed by atoms with E-state index in [1.807, 2.05) is 35.0 Å². The van der Waals surface area contributed by atoms with E-state index in [1.165, 1.54) is 0 Å². The van der Waals surface area contributed by atoms with Crippen molar-refractivity contribution in [1.29, 1.82) is 0 Å². The largest absolute Gasteiger partial charge is 0.245 e. The normalized spacial score (nSPS) is 11.4. The predicted octanol–water partition coefficient (Wildman–Crippen LogP) is 3.73. The van der Waals surface area contributed by atoms with Crippen LogP contribution in [0.5, 0.6) is 0 Å². The average molecular weight is 273 g/mol. The fraction of sp³-hybridized carbons (Fsp3) is 0.214. The van der Waals surface area contributed by atoms with Crippen molar-refractivity contribution in [3.63, 3.8) is 0 Å². The first-order valence-corrected chi connectivity index (χ1v) is 6.51. The van der Waals surface area contributed by atoms with Gasteiger partial charge in [0.15, 0.2) is 5.65 Å². The van der Waals surface area contributed by atoms with E-state index in [-0.39, 0.29) is 11.3 Å². The van der Waals surface area contributed by atoms with Crippen LogP contribution in [0.25, 0.3) is 22.3 Å². The number of hydrogen-bond acceptors (Lipinski definition) is 3. The Morgan fingerprint density at radius 1 is 1.11 bits per heavy atom. The summed E-state index contributed by atoms with van der Waals surface area (Å²) in [5, 5.41) is 5.54. The van der Waals surface area contributed by atoms with Crippen molar-refractivity contribution in [3.05, 3.63) is 41.8 Å². The van der Waals surface area contributed by atoms with Crippen LogP contribution < -0.4 is 0 Å². The lowest BCUT2D eigenvalue weighted by Gasteiger charge is -2.07. The lowest BCUT2D eigenvalue weighted by atomic mass is 10.1. The lowest BCUT2D eigenvalue weighted by molar-refractivity contribution is 0.546. The summed E-state index contributed by atoms with van der Waals surface area (Å²) in [5.74, 6) is 0. The highest BCUT2D eigenvalue weighted by atomic mass is 35.5. The van der Waals surface area contributed by atoms with Crippen LogP contribution in [-0.2, 0) is 0 Å². The molecule has 0 saturated carbocycles. The van der Waals surface area contributed by atoms with Gasteiger partial charge in [0.25, 0.3) is 0 Å². The van der Waals surface area contributed by atoms with Gasteiger partial charge in [-0.05, 0) is 25.4 Å². The molecule has 0 fully saturated rings. The molecule has 3 rings (SSSR count). The van der Waals surface area contributed by atoms with Gasteiger partial charge in [0.2, 0.25) is 5.28 Å². The van der Waals surface area contributed by atoms with Gasteiger partial charge in [-0.25, -0.2) is 9.67 Å². The molecule has 19 heavy (non-hydrogen) atoms. The third-order valence-corrected chi connectivity index (χ3v) is 3.13. The Morgan fingerprint density at radius 3 is 2.53 bits per heavy atom. The summed E-state index contributed by atoms with van der Waals surface area (Å²) >= 11 is 6.04. The number of aromatic nitrogens is 4. The van der Waals surface area contributed by atoms with Gasteiger partial charge in [0, 0.05) is 11.6 Å². The van der Waals surface area contributed by atoms with E-state index in [4.69, 9.17) is 11.6 Å². The zero-order chi connectivity index (χ0) is 13.4. The zero-order valence-electron chi connectivity index (χ0n) is 10.7. The summed E-state index contributed by atoms with van der Waals surface area (Å²) in [6, 6.07) is 10.2. The fourth-order valence-electron chi connectivity index (χ4n) is 2.09. The SMILES string of the molecule is CC(C)n1ncc2c(-c3ccccc3)nc(Cl)nc21. The highest BCUT2D eigenvalue weighted by molar-refractivity contribution is 6.28. The molecule has 0 aliphatic carbocycles. The molecule has 0 unspecified atom stereocenters. The first kappa shape index (κ1) is 12.1. The number of hydrogen-bond donors (Lipinski definition) is 0. The number of nitrogens with zero attached hydrogens (tertiary/aromatic N) is 4. The number of rotatable bonds is 2. The summed E-state index contributed by atoms with van der Waals surface area (Å²) < 4.78 is 1.86. The van der Waals surface area contributed by atoms with Crippen LogP contribution >= 0.6 is 11.6 Å². The standard InChI is InChI=1S/C14H13ClN4/c1-9(2)19-13-11(8-16-19)12(17-14(15)18-13)10-6-4-3-5-7-10/h3-9H,1-2H3. The molecule has 2 heterocycles. The van der Waals surface area contributed by atoms with E-state index in [2.05, 4.69) is 28.9 Å². The van der Waals surface area contributed by atoms with Gasteiger partial charge < -0.3 is 0 Å². The number of fused-ring (bicyclic) bond motifs is 1. The van der Waals surface area contributed by atoms with Crippen molar-refractivity contribution in [3.8, 4) is 11.3 Å². The molecule has 1 aromatic carbocycles. The van der Waals surface area contributed by atoms with E-state index in [1.54, 1.807) is 6.20 Å². The van der Waals surface area contributed by atoms with Crippen molar-refractivity contribution in [2.75, 3.05) is 0 Å². The minimum atomic E-state index is 0.229. The molecule has 3 aromatic rings. The zero-order valence-corrected chi connectivity index (χ0v) is 11.5. The highest BCUT2D eigenvalue weighted by Crippen LogP contribution is 2.28. The second-order valence-electron chi connectivity index (χ2n) is 4.63. The molecular formula is C14H13ClN4. The van der Waals surface area contributed by atoms with E-state index in [0.29, 0.717) is 0 Å². The average Bonchev–Trinajstić information content (AvgIpc) is 2.82. The topological polar surface area (TPSA) is 43.6 Å². The molecule has 96 valence electrons. The molecule has 4 nitrogen and oxygen atoms in total. The van der Waals surface area contributed by atoms with Gasteiger partial charge in [0.05, 0.1) is 17.3 Å². The van der Waals surface area contributed by atoms with Crippen LogP contribution in [0.15, 0.2) is 36.5 Å². The Labute approximate surface area is 116 Å². The van der Waals surface area contributed by atoms with Gasteiger partial charge in [0.1, 0.15) is 0 Å². The lowest BCUT2D eigenvalue weighted by Crippen LogP contribution is -2.04. The van der Waals surface area contributed by atoms with E-state index in [9.17, 15) is 0 Å². The second-order valence-corrected chi connectivity index (χ2v) is 4.97. The minimum Gasteiger partial charge on any atom is -0.245 e. The molecule has 0 N–H and O–H groups in total. The van der Waals surface area contributed by atoms with Crippen LogP contribution in [0.1, 0.15) is 19.9 Å². The maximum atomic E-state index is 6.04. The molecule has 0 aliphatic heterocycles. The third-order valence-electron chi connectivity index (χ3n) is 2.96. The number of halogens is 1. The quantitative estimate of drug-likeness (QED) is 0.668. The van der Waals surface area contributed by atoms with Crippen molar-refractivity contribution in [1.82, 2.24) is 19.7 Å². The first-order chi connectivity index (χ1) is 9.16. The Morgan fingerprint density at radius 2 is 1.84 bits per heavy atom. The Kier molecular flexibility index (Phi) is 2.95. The molecule has 0 aliphatic rings. The molecule has 0 radical (unpaired) electrons. The van der Waals surface area contributed by atoms with Crippen molar-refractivity contribution in [2.24, 2.45) is 0 Å². The molecule has 0 bridgehead atoms. The highest BCUT2D eigenvalue weighted by Gasteiger charge is 2.14. The predicted molar refractivity (Wildman–Crippen MR) is 76.2 cm³/mol. The Balaban J connectivity index is 2.31. The van der Waals surface area contributed by atoms with Gasteiger partial charge in [-0.1, -0.05) is 30.3 Å². The van der Waals surface area contributed by atoms with Crippen molar-refractivity contribution < 1.29 is 0 Å². The van der Waals surface area contributed by atoms with Crippen LogP contribution in [0, 0.1) is 0 Å².